The number of anilines is 1. The van der Waals surface area contributed by atoms with Crippen molar-refractivity contribution in [3.63, 3.8) is 0 Å². The van der Waals surface area contributed by atoms with Gasteiger partial charge in [0.05, 0.1) is 5.69 Å². The first-order chi connectivity index (χ1) is 7.28. The first kappa shape index (κ1) is 10.9. The number of phenolic OH excluding ortho intramolecular Hbond substituents is 1. The van der Waals surface area contributed by atoms with Gasteiger partial charge in [-0.25, -0.2) is 8.42 Å². The fourth-order valence-corrected chi connectivity index (χ4v) is 3.11. The van der Waals surface area contributed by atoms with Crippen molar-refractivity contribution in [1.29, 1.82) is 0 Å². The molecule has 0 radical (unpaired) electrons. The Balaban J connectivity index is 2.85. The van der Waals surface area contributed by atoms with E-state index in [-0.39, 0.29) is 16.3 Å². The summed E-state index contributed by atoms with van der Waals surface area (Å²) in [5.41, 5.74) is 0.129. The molecular weight excluding hydrogens is 230 g/mol. The average Bonchev–Trinajstić information content (AvgIpc) is 2.15. The highest BCUT2D eigenvalue weighted by Gasteiger charge is 2.48. The summed E-state index contributed by atoms with van der Waals surface area (Å²) in [6.07, 6.45) is 0. The van der Waals surface area contributed by atoms with Gasteiger partial charge in [-0.15, -0.1) is 0 Å². The standard InChI is InChI=1S/C10H11NO4S/c1-10(2)9(13)11-6-4-3-5-7(12)8(6)16(10,14)15/h3-5,12H,1-2H3,(H,11,13). The Bertz CT molecular complexity index is 574. The van der Waals surface area contributed by atoms with E-state index >= 15 is 0 Å². The topological polar surface area (TPSA) is 83.5 Å². The van der Waals surface area contributed by atoms with Crippen LogP contribution in [0.1, 0.15) is 13.8 Å². The van der Waals surface area contributed by atoms with E-state index < -0.39 is 20.5 Å². The van der Waals surface area contributed by atoms with E-state index in [9.17, 15) is 18.3 Å². The molecule has 16 heavy (non-hydrogen) atoms. The quantitative estimate of drug-likeness (QED) is 0.706. The lowest BCUT2D eigenvalue weighted by Crippen LogP contribution is -2.48. The maximum Gasteiger partial charge on any atom is 0.245 e. The first-order valence-electron chi connectivity index (χ1n) is 4.66. The fourth-order valence-electron chi connectivity index (χ4n) is 1.56. The normalized spacial score (nSPS) is 21.0. The van der Waals surface area contributed by atoms with Crippen LogP contribution in [0.15, 0.2) is 23.1 Å². The number of rotatable bonds is 0. The molecule has 1 aliphatic heterocycles. The van der Waals surface area contributed by atoms with E-state index in [2.05, 4.69) is 5.32 Å². The van der Waals surface area contributed by atoms with Gasteiger partial charge in [0.2, 0.25) is 5.91 Å². The second-order valence-electron chi connectivity index (χ2n) is 4.12. The van der Waals surface area contributed by atoms with E-state index in [0.29, 0.717) is 0 Å². The number of hydrogen-bond acceptors (Lipinski definition) is 4. The number of benzene rings is 1. The van der Waals surface area contributed by atoms with E-state index in [4.69, 9.17) is 0 Å². The molecule has 0 bridgehead atoms. The molecule has 5 nitrogen and oxygen atoms in total. The second kappa shape index (κ2) is 2.98. The van der Waals surface area contributed by atoms with Gasteiger partial charge >= 0.3 is 0 Å². The summed E-state index contributed by atoms with van der Waals surface area (Å²) in [6, 6.07) is 4.20. The minimum absolute atomic E-state index is 0.129. The molecule has 0 spiro atoms. The third kappa shape index (κ3) is 1.16. The van der Waals surface area contributed by atoms with Crippen LogP contribution in [0.25, 0.3) is 0 Å². The van der Waals surface area contributed by atoms with Crippen LogP contribution in [-0.4, -0.2) is 24.2 Å². The van der Waals surface area contributed by atoms with Gasteiger partial charge in [0, 0.05) is 0 Å². The minimum atomic E-state index is -3.86. The van der Waals surface area contributed by atoms with Crippen LogP contribution >= 0.6 is 0 Å². The zero-order valence-electron chi connectivity index (χ0n) is 8.81. The summed E-state index contributed by atoms with van der Waals surface area (Å²) in [5.74, 6) is -0.934. The lowest BCUT2D eigenvalue weighted by atomic mass is 10.1. The van der Waals surface area contributed by atoms with Gasteiger partial charge in [0.15, 0.2) is 9.84 Å². The molecule has 1 aliphatic rings. The zero-order chi connectivity index (χ0) is 12.1. The number of phenols is 1. The number of carbonyl (C=O) groups is 1. The third-order valence-corrected chi connectivity index (χ3v) is 5.23. The van der Waals surface area contributed by atoms with Crippen molar-refractivity contribution in [2.24, 2.45) is 0 Å². The minimum Gasteiger partial charge on any atom is -0.507 e. The molecule has 2 N–H and O–H groups in total. The molecule has 0 unspecified atom stereocenters. The molecule has 86 valence electrons. The molecule has 2 rings (SSSR count). The Morgan fingerprint density at radius 2 is 1.94 bits per heavy atom. The molecule has 0 saturated heterocycles. The molecular formula is C10H11NO4S. The first-order valence-corrected chi connectivity index (χ1v) is 6.15. The Morgan fingerprint density at radius 1 is 1.31 bits per heavy atom. The maximum absolute atomic E-state index is 12.1. The molecule has 1 aromatic rings. The van der Waals surface area contributed by atoms with E-state index in [0.717, 1.165) is 0 Å². The Kier molecular flexibility index (Phi) is 2.03. The predicted molar refractivity (Wildman–Crippen MR) is 58.0 cm³/mol. The lowest BCUT2D eigenvalue weighted by molar-refractivity contribution is -0.118. The molecule has 0 saturated carbocycles. The van der Waals surface area contributed by atoms with Gasteiger partial charge in [-0.05, 0) is 26.0 Å². The summed E-state index contributed by atoms with van der Waals surface area (Å²) in [7, 11) is -3.86. The summed E-state index contributed by atoms with van der Waals surface area (Å²) >= 11 is 0. The average molecular weight is 241 g/mol. The summed E-state index contributed by atoms with van der Waals surface area (Å²) in [5, 5.41) is 12.0. The molecule has 0 fully saturated rings. The van der Waals surface area contributed by atoms with Crippen LogP contribution in [0, 0.1) is 0 Å². The highest BCUT2D eigenvalue weighted by atomic mass is 32.2. The smallest absolute Gasteiger partial charge is 0.245 e. The Morgan fingerprint density at radius 3 is 2.56 bits per heavy atom. The zero-order valence-corrected chi connectivity index (χ0v) is 9.63. The molecule has 0 aliphatic carbocycles. The summed E-state index contributed by atoms with van der Waals surface area (Å²) in [6.45, 7) is 2.63. The van der Waals surface area contributed by atoms with E-state index in [1.54, 1.807) is 0 Å². The fraction of sp³-hybridized carbons (Fsp3) is 0.300. The molecule has 0 aromatic heterocycles. The van der Waals surface area contributed by atoms with E-state index in [1.807, 2.05) is 0 Å². The highest BCUT2D eigenvalue weighted by molar-refractivity contribution is 7.94. The molecule has 1 aromatic carbocycles. The van der Waals surface area contributed by atoms with Gasteiger partial charge in [-0.3, -0.25) is 4.79 Å². The molecule has 6 heteroatoms. The number of fused-ring (bicyclic) bond motifs is 1. The third-order valence-electron chi connectivity index (χ3n) is 2.73. The van der Waals surface area contributed by atoms with Gasteiger partial charge in [-0.1, -0.05) is 6.07 Å². The number of carbonyl (C=O) groups excluding carboxylic acids is 1. The SMILES string of the molecule is CC1(C)C(=O)Nc2cccc(O)c2S1(=O)=O. The Labute approximate surface area is 93.0 Å². The van der Waals surface area contributed by atoms with Crippen molar-refractivity contribution < 1.29 is 18.3 Å². The number of hydrogen-bond donors (Lipinski definition) is 2. The number of aromatic hydroxyl groups is 1. The molecule has 0 atom stereocenters. The maximum atomic E-state index is 12.1. The van der Waals surface area contributed by atoms with Crippen LogP contribution in [0.2, 0.25) is 0 Å². The van der Waals surface area contributed by atoms with Gasteiger partial charge in [0.1, 0.15) is 15.4 Å². The van der Waals surface area contributed by atoms with E-state index in [1.165, 1.54) is 32.0 Å². The van der Waals surface area contributed by atoms with Gasteiger partial charge in [-0.2, -0.15) is 0 Å². The second-order valence-corrected chi connectivity index (χ2v) is 6.56. The summed E-state index contributed by atoms with van der Waals surface area (Å²) < 4.78 is 22.7. The van der Waals surface area contributed by atoms with Crippen molar-refractivity contribution >= 4 is 21.4 Å². The predicted octanol–water partition coefficient (Wildman–Crippen LogP) is 0.897. The largest absolute Gasteiger partial charge is 0.507 e. The molecule has 1 heterocycles. The number of sulfone groups is 1. The lowest BCUT2D eigenvalue weighted by Gasteiger charge is -2.30. The van der Waals surface area contributed by atoms with Crippen LogP contribution in [-0.2, 0) is 14.6 Å². The Hall–Kier alpha value is -1.56. The van der Waals surface area contributed by atoms with Crippen LogP contribution in [0.3, 0.4) is 0 Å². The van der Waals surface area contributed by atoms with Crippen LogP contribution in [0.5, 0.6) is 5.75 Å². The van der Waals surface area contributed by atoms with Crippen LogP contribution < -0.4 is 5.32 Å². The van der Waals surface area contributed by atoms with Crippen molar-refractivity contribution in [3.8, 4) is 5.75 Å². The van der Waals surface area contributed by atoms with Crippen molar-refractivity contribution in [2.75, 3.05) is 5.32 Å². The van der Waals surface area contributed by atoms with Gasteiger partial charge in [0.25, 0.3) is 0 Å². The van der Waals surface area contributed by atoms with Crippen molar-refractivity contribution in [3.05, 3.63) is 18.2 Å². The monoisotopic (exact) mass is 241 g/mol. The summed E-state index contributed by atoms with van der Waals surface area (Å²) in [4.78, 5) is 11.4. The highest BCUT2D eigenvalue weighted by Crippen LogP contribution is 2.41. The number of nitrogens with one attached hydrogen (secondary N) is 1. The van der Waals surface area contributed by atoms with Gasteiger partial charge < -0.3 is 10.4 Å². The van der Waals surface area contributed by atoms with Crippen LogP contribution in [0.4, 0.5) is 5.69 Å². The number of amides is 1. The van der Waals surface area contributed by atoms with Crippen molar-refractivity contribution in [1.82, 2.24) is 0 Å². The van der Waals surface area contributed by atoms with Crippen molar-refractivity contribution in [2.45, 2.75) is 23.5 Å². The molecule has 1 amide bonds.